The molecular weight excluding hydrogens is 388 g/mol. The zero-order valence-electron chi connectivity index (χ0n) is 17.2. The van der Waals surface area contributed by atoms with Crippen LogP contribution in [-0.2, 0) is 11.2 Å². The lowest BCUT2D eigenvalue weighted by Crippen LogP contribution is -2.39. The van der Waals surface area contributed by atoms with Crippen LogP contribution in [0.25, 0.3) is 0 Å². The highest BCUT2D eigenvalue weighted by atomic mass is 35.5. The first-order valence-corrected chi connectivity index (χ1v) is 10.4. The van der Waals surface area contributed by atoms with Crippen molar-refractivity contribution in [2.45, 2.75) is 44.6 Å². The number of aromatic nitrogens is 2. The highest BCUT2D eigenvalue weighted by molar-refractivity contribution is 6.32. The van der Waals surface area contributed by atoms with Gasteiger partial charge in [0, 0.05) is 30.3 Å². The van der Waals surface area contributed by atoms with Crippen molar-refractivity contribution in [1.29, 1.82) is 0 Å². The van der Waals surface area contributed by atoms with Gasteiger partial charge < -0.3 is 15.7 Å². The van der Waals surface area contributed by atoms with E-state index in [4.69, 9.17) is 17.3 Å². The first kappa shape index (κ1) is 21.5. The third-order valence-corrected chi connectivity index (χ3v) is 6.07. The van der Waals surface area contributed by atoms with Crippen molar-refractivity contribution in [1.82, 2.24) is 14.9 Å². The van der Waals surface area contributed by atoms with Gasteiger partial charge in [0.1, 0.15) is 11.6 Å². The van der Waals surface area contributed by atoms with Crippen molar-refractivity contribution < 1.29 is 9.90 Å². The Morgan fingerprint density at radius 2 is 1.97 bits per heavy atom. The zero-order chi connectivity index (χ0) is 21.1. The molecule has 6 nitrogen and oxygen atoms in total. The van der Waals surface area contributed by atoms with Gasteiger partial charge in [0.05, 0.1) is 5.02 Å². The second-order valence-corrected chi connectivity index (χ2v) is 8.74. The molecule has 156 valence electrons. The number of halogens is 1. The Balaban J connectivity index is 1.84. The number of carbonyl (C=O) groups is 1. The monoisotopic (exact) mass is 416 g/mol. The Morgan fingerprint density at radius 3 is 2.48 bits per heavy atom. The molecule has 0 radical (unpaired) electrons. The maximum absolute atomic E-state index is 12.5. The van der Waals surface area contributed by atoms with E-state index in [-0.39, 0.29) is 29.5 Å². The number of nitrogens with zero attached hydrogens (tertiary/aromatic N) is 3. The molecule has 0 bridgehead atoms. The molecule has 1 aromatic heterocycles. The molecule has 1 heterocycles. The van der Waals surface area contributed by atoms with Crippen molar-refractivity contribution in [3.05, 3.63) is 52.6 Å². The van der Waals surface area contributed by atoms with Gasteiger partial charge >= 0.3 is 0 Å². The summed E-state index contributed by atoms with van der Waals surface area (Å²) in [6, 6.07) is 5.31. The van der Waals surface area contributed by atoms with Gasteiger partial charge in [-0.15, -0.1) is 0 Å². The number of carbonyl (C=O) groups excluding carboxylic acids is 1. The van der Waals surface area contributed by atoms with Crippen LogP contribution in [0.2, 0.25) is 5.02 Å². The number of hydrogen-bond donors (Lipinski definition) is 2. The minimum Gasteiger partial charge on any atom is -0.506 e. The molecule has 1 fully saturated rings. The fourth-order valence-electron chi connectivity index (χ4n) is 3.91. The number of aryl methyl sites for hydroxylation is 1. The van der Waals surface area contributed by atoms with Crippen LogP contribution in [0.1, 0.15) is 42.1 Å². The summed E-state index contributed by atoms with van der Waals surface area (Å²) in [5.41, 5.74) is 7.89. The molecule has 0 saturated heterocycles. The molecule has 1 aliphatic rings. The Bertz CT molecular complexity index is 852. The topological polar surface area (TPSA) is 92.3 Å². The predicted octanol–water partition coefficient (Wildman–Crippen LogP) is 3.30. The quantitative estimate of drug-likeness (QED) is 0.654. The lowest BCUT2D eigenvalue weighted by molar-refractivity contribution is -0.123. The summed E-state index contributed by atoms with van der Waals surface area (Å²) in [6.45, 7) is 1.95. The number of likely N-dealkylation sites (N-methyl/N-ethyl adjacent to an activating group) is 1. The van der Waals surface area contributed by atoms with Crippen LogP contribution in [0, 0.1) is 18.8 Å². The van der Waals surface area contributed by atoms with E-state index < -0.39 is 0 Å². The van der Waals surface area contributed by atoms with Gasteiger partial charge in [0.25, 0.3) is 0 Å². The van der Waals surface area contributed by atoms with E-state index in [9.17, 15) is 9.90 Å². The van der Waals surface area contributed by atoms with Crippen molar-refractivity contribution in [3.8, 4) is 5.75 Å². The van der Waals surface area contributed by atoms with Gasteiger partial charge in [-0.3, -0.25) is 4.79 Å². The number of aromatic hydroxyl groups is 1. The second-order valence-electron chi connectivity index (χ2n) is 8.33. The van der Waals surface area contributed by atoms with Gasteiger partial charge in [-0.25, -0.2) is 9.97 Å². The number of hydrogen-bond acceptors (Lipinski definition) is 5. The first-order valence-electron chi connectivity index (χ1n) is 9.98. The van der Waals surface area contributed by atoms with E-state index in [1.54, 1.807) is 24.5 Å². The minimum absolute atomic E-state index is 0.0565. The van der Waals surface area contributed by atoms with Gasteiger partial charge in [0.15, 0.2) is 0 Å². The summed E-state index contributed by atoms with van der Waals surface area (Å²) >= 11 is 6.07. The minimum atomic E-state index is -0.342. The van der Waals surface area contributed by atoms with E-state index >= 15 is 0 Å². The third-order valence-electron chi connectivity index (χ3n) is 5.77. The average molecular weight is 417 g/mol. The Morgan fingerprint density at radius 1 is 1.31 bits per heavy atom. The number of nitrogens with two attached hydrogens (primary N) is 1. The maximum atomic E-state index is 12.5. The smallest absolute Gasteiger partial charge is 0.221 e. The van der Waals surface area contributed by atoms with Crippen LogP contribution in [-0.4, -0.2) is 46.0 Å². The van der Waals surface area contributed by atoms with Gasteiger partial charge in [-0.2, -0.15) is 0 Å². The number of phenolic OH excluding ortho intramolecular Hbond substituents is 1. The molecule has 2 unspecified atom stereocenters. The van der Waals surface area contributed by atoms with E-state index in [0.29, 0.717) is 29.6 Å². The van der Waals surface area contributed by atoms with E-state index in [1.807, 2.05) is 27.1 Å². The molecule has 1 amide bonds. The fraction of sp³-hybridized carbons (Fsp3) is 0.500. The Hall–Kier alpha value is -2.18. The van der Waals surface area contributed by atoms with Gasteiger partial charge in [0.2, 0.25) is 5.91 Å². The van der Waals surface area contributed by atoms with Crippen molar-refractivity contribution >= 4 is 17.5 Å². The van der Waals surface area contributed by atoms with Crippen molar-refractivity contribution in [3.63, 3.8) is 0 Å². The standard InChI is InChI=1S/C22H29ClN4O2/c1-13-11-25-22(26-12-13)20(15-5-6-15)17(21(24)29)10-16(27(2)3)8-14-4-7-19(28)18(23)9-14/h4,7,9,11-12,15-17,20,28H,5-6,8,10H2,1-3H3,(H2,24,29)/t16-,17?,20?/m1/s1. The van der Waals surface area contributed by atoms with Crippen LogP contribution in [0.15, 0.2) is 30.6 Å². The van der Waals surface area contributed by atoms with Crippen molar-refractivity contribution in [2.24, 2.45) is 17.6 Å². The summed E-state index contributed by atoms with van der Waals surface area (Å²) in [4.78, 5) is 23.7. The highest BCUT2D eigenvalue weighted by Crippen LogP contribution is 2.47. The zero-order valence-corrected chi connectivity index (χ0v) is 17.9. The summed E-state index contributed by atoms with van der Waals surface area (Å²) in [5, 5.41) is 10.0. The molecule has 3 rings (SSSR count). The number of phenols is 1. The molecular formula is C22H29ClN4O2. The molecule has 7 heteroatoms. The number of amides is 1. The fourth-order valence-corrected chi connectivity index (χ4v) is 4.11. The molecule has 3 N–H and O–H groups in total. The van der Waals surface area contributed by atoms with Crippen LogP contribution >= 0.6 is 11.6 Å². The Labute approximate surface area is 177 Å². The SMILES string of the molecule is Cc1cnc(C(C2CC2)C(C[C@@H](Cc2ccc(O)c(Cl)c2)N(C)C)C(N)=O)nc1. The largest absolute Gasteiger partial charge is 0.506 e. The van der Waals surface area contributed by atoms with Crippen molar-refractivity contribution in [2.75, 3.05) is 14.1 Å². The summed E-state index contributed by atoms with van der Waals surface area (Å²) in [7, 11) is 4.00. The normalized spacial score (nSPS) is 17.1. The van der Waals surface area contributed by atoms with Crippen LogP contribution in [0.4, 0.5) is 0 Å². The summed E-state index contributed by atoms with van der Waals surface area (Å²) in [6.07, 6.45) is 7.06. The van der Waals surface area contributed by atoms with Gasteiger partial charge in [-0.1, -0.05) is 17.7 Å². The first-order chi connectivity index (χ1) is 13.8. The molecule has 2 aromatic rings. The molecule has 0 spiro atoms. The summed E-state index contributed by atoms with van der Waals surface area (Å²) in [5.74, 6) is 0.483. The molecule has 1 saturated carbocycles. The predicted molar refractivity (Wildman–Crippen MR) is 114 cm³/mol. The van der Waals surface area contributed by atoms with E-state index in [2.05, 4.69) is 14.9 Å². The van der Waals surface area contributed by atoms with E-state index in [0.717, 1.165) is 24.0 Å². The third kappa shape index (κ3) is 5.46. The van der Waals surface area contributed by atoms with Crippen LogP contribution in [0.3, 0.4) is 0 Å². The van der Waals surface area contributed by atoms with Crippen LogP contribution in [0.5, 0.6) is 5.75 Å². The number of benzene rings is 1. The lowest BCUT2D eigenvalue weighted by atomic mass is 9.81. The second kappa shape index (κ2) is 9.09. The maximum Gasteiger partial charge on any atom is 0.221 e. The molecule has 3 atom stereocenters. The van der Waals surface area contributed by atoms with Gasteiger partial charge in [-0.05, 0) is 75.9 Å². The van der Waals surface area contributed by atoms with Crippen LogP contribution < -0.4 is 5.73 Å². The summed E-state index contributed by atoms with van der Waals surface area (Å²) < 4.78 is 0. The number of primary amides is 1. The molecule has 29 heavy (non-hydrogen) atoms. The highest BCUT2D eigenvalue weighted by Gasteiger charge is 2.42. The molecule has 0 aliphatic heterocycles. The molecule has 1 aromatic carbocycles. The molecule has 1 aliphatic carbocycles. The average Bonchev–Trinajstić information content (AvgIpc) is 3.49. The Kier molecular flexibility index (Phi) is 6.75. The lowest BCUT2D eigenvalue weighted by Gasteiger charge is -2.31. The van der Waals surface area contributed by atoms with E-state index in [1.165, 1.54) is 0 Å². The number of rotatable bonds is 9.